The van der Waals surface area contributed by atoms with E-state index in [0.717, 1.165) is 12.2 Å². The van der Waals surface area contributed by atoms with E-state index in [0.29, 0.717) is 6.35 Å². The summed E-state index contributed by atoms with van der Waals surface area (Å²) in [6.45, 7) is 6.14. The summed E-state index contributed by atoms with van der Waals surface area (Å²) in [4.78, 5) is 0. The number of ether oxygens (including phenoxy) is 1. The Morgan fingerprint density at radius 1 is 1.15 bits per heavy atom. The van der Waals surface area contributed by atoms with E-state index < -0.39 is 0 Å². The molecule has 0 fully saturated rings. The van der Waals surface area contributed by atoms with Gasteiger partial charge in [0.05, 0.1) is 0 Å². The molecule has 1 aromatic carbocycles. The van der Waals surface area contributed by atoms with Crippen LogP contribution >= 0.6 is 9.24 Å². The number of hydrogen-bond donors (Lipinski definition) is 0. The van der Waals surface area contributed by atoms with Crippen LogP contribution in [-0.4, -0.2) is 6.35 Å². The molecule has 1 aromatic rings. The minimum absolute atomic E-state index is 0.658. The topological polar surface area (TPSA) is 9.23 Å². The molecule has 13 heavy (non-hydrogen) atoms. The summed E-state index contributed by atoms with van der Waals surface area (Å²) in [5, 5.41) is 0. The van der Waals surface area contributed by atoms with Crippen molar-refractivity contribution in [2.75, 3.05) is 6.35 Å². The van der Waals surface area contributed by atoms with Crippen LogP contribution in [0.3, 0.4) is 0 Å². The number of benzene rings is 1. The Kier molecular flexibility index (Phi) is 7.73. The maximum Gasteiger partial charge on any atom is 0.119 e. The van der Waals surface area contributed by atoms with E-state index in [1.165, 1.54) is 5.56 Å². The van der Waals surface area contributed by atoms with Crippen molar-refractivity contribution in [2.24, 2.45) is 0 Å². The van der Waals surface area contributed by atoms with E-state index in [9.17, 15) is 0 Å². The van der Waals surface area contributed by atoms with Crippen LogP contribution in [0.4, 0.5) is 0 Å². The van der Waals surface area contributed by atoms with E-state index in [-0.39, 0.29) is 0 Å². The van der Waals surface area contributed by atoms with Gasteiger partial charge in [-0.25, -0.2) is 0 Å². The standard InChI is InChI=1S/C9H13OP.C2H6/c1-2-8-3-5-9(6-4-8)10-7-11;1-2/h3-6H,2,7,11H2,1H3;1-2H3. The Bertz CT molecular complexity index is 206. The predicted octanol–water partition coefficient (Wildman–Crippen LogP) is 3.49. The Balaban J connectivity index is 0.000000671. The van der Waals surface area contributed by atoms with Crippen LogP contribution in [0, 0.1) is 0 Å². The van der Waals surface area contributed by atoms with Crippen molar-refractivity contribution in [3.05, 3.63) is 29.8 Å². The molecule has 0 aromatic heterocycles. The van der Waals surface area contributed by atoms with Crippen LogP contribution in [0.5, 0.6) is 5.75 Å². The molecule has 1 atom stereocenters. The van der Waals surface area contributed by atoms with Crippen molar-refractivity contribution in [3.8, 4) is 5.75 Å². The largest absolute Gasteiger partial charge is 0.490 e. The van der Waals surface area contributed by atoms with Crippen molar-refractivity contribution in [1.29, 1.82) is 0 Å². The minimum Gasteiger partial charge on any atom is -0.490 e. The van der Waals surface area contributed by atoms with Crippen LogP contribution in [-0.2, 0) is 6.42 Å². The van der Waals surface area contributed by atoms with Gasteiger partial charge in [0.1, 0.15) is 12.1 Å². The first kappa shape index (κ1) is 12.4. The van der Waals surface area contributed by atoms with Gasteiger partial charge in [-0.05, 0) is 24.1 Å². The molecule has 0 aliphatic rings. The summed E-state index contributed by atoms with van der Waals surface area (Å²) in [5.41, 5.74) is 1.35. The van der Waals surface area contributed by atoms with Gasteiger partial charge in [0.15, 0.2) is 0 Å². The molecular formula is C11H19OP. The lowest BCUT2D eigenvalue weighted by molar-refractivity contribution is 0.392. The van der Waals surface area contributed by atoms with Crippen LogP contribution in [0.2, 0.25) is 0 Å². The third-order valence-corrected chi connectivity index (χ3v) is 1.75. The molecule has 1 rings (SSSR count). The van der Waals surface area contributed by atoms with E-state index >= 15 is 0 Å². The zero-order chi connectivity index (χ0) is 10.1. The lowest BCUT2D eigenvalue weighted by Crippen LogP contribution is -1.88. The van der Waals surface area contributed by atoms with E-state index in [1.54, 1.807) is 0 Å². The fraction of sp³-hybridized carbons (Fsp3) is 0.455. The fourth-order valence-corrected chi connectivity index (χ4v) is 1.11. The Morgan fingerprint density at radius 2 is 1.69 bits per heavy atom. The average molecular weight is 198 g/mol. The normalized spacial score (nSPS) is 8.62. The molecular weight excluding hydrogens is 179 g/mol. The second kappa shape index (κ2) is 8.07. The Morgan fingerprint density at radius 3 is 2.08 bits per heavy atom. The zero-order valence-corrected chi connectivity index (χ0v) is 9.86. The average Bonchev–Trinajstić information content (AvgIpc) is 2.23. The molecule has 0 radical (unpaired) electrons. The smallest absolute Gasteiger partial charge is 0.119 e. The molecule has 0 amide bonds. The molecule has 0 saturated carbocycles. The van der Waals surface area contributed by atoms with Crippen molar-refractivity contribution in [2.45, 2.75) is 27.2 Å². The third kappa shape index (κ3) is 4.90. The van der Waals surface area contributed by atoms with Crippen LogP contribution in [0.15, 0.2) is 24.3 Å². The van der Waals surface area contributed by atoms with Gasteiger partial charge < -0.3 is 4.74 Å². The molecule has 0 aliphatic heterocycles. The second-order valence-corrected chi connectivity index (χ2v) is 2.64. The highest BCUT2D eigenvalue weighted by Crippen LogP contribution is 2.12. The predicted molar refractivity (Wildman–Crippen MR) is 62.4 cm³/mol. The molecule has 1 nitrogen and oxygen atoms in total. The Labute approximate surface area is 83.7 Å². The molecule has 0 saturated heterocycles. The summed E-state index contributed by atoms with van der Waals surface area (Å²) in [6.07, 6.45) is 1.74. The molecule has 1 unspecified atom stereocenters. The molecule has 0 spiro atoms. The van der Waals surface area contributed by atoms with Gasteiger partial charge in [0.25, 0.3) is 0 Å². The highest BCUT2D eigenvalue weighted by Gasteiger charge is 1.90. The van der Waals surface area contributed by atoms with Crippen molar-refractivity contribution < 1.29 is 4.74 Å². The van der Waals surface area contributed by atoms with Gasteiger partial charge in [0, 0.05) is 0 Å². The van der Waals surface area contributed by atoms with Gasteiger partial charge in [-0.2, -0.15) is 0 Å². The summed E-state index contributed by atoms with van der Waals surface area (Å²) in [5.74, 6) is 0.942. The lowest BCUT2D eigenvalue weighted by Gasteiger charge is -2.02. The number of rotatable bonds is 3. The van der Waals surface area contributed by atoms with Crippen molar-refractivity contribution in [3.63, 3.8) is 0 Å². The van der Waals surface area contributed by atoms with Crippen LogP contribution in [0.1, 0.15) is 26.3 Å². The highest BCUT2D eigenvalue weighted by molar-refractivity contribution is 7.16. The van der Waals surface area contributed by atoms with E-state index in [2.05, 4.69) is 28.3 Å². The number of aryl methyl sites for hydroxylation is 1. The summed E-state index contributed by atoms with van der Waals surface area (Å²) >= 11 is 0. The molecule has 0 aliphatic carbocycles. The summed E-state index contributed by atoms with van der Waals surface area (Å²) in [7, 11) is 2.53. The quantitative estimate of drug-likeness (QED) is 0.675. The highest BCUT2D eigenvalue weighted by atomic mass is 31.0. The molecule has 0 heterocycles. The van der Waals surface area contributed by atoms with Gasteiger partial charge in [-0.1, -0.05) is 42.1 Å². The maximum atomic E-state index is 5.27. The molecule has 74 valence electrons. The number of hydrogen-bond acceptors (Lipinski definition) is 1. The second-order valence-electron chi connectivity index (χ2n) is 2.31. The van der Waals surface area contributed by atoms with Crippen LogP contribution in [0.25, 0.3) is 0 Å². The van der Waals surface area contributed by atoms with Crippen molar-refractivity contribution >= 4 is 9.24 Å². The lowest BCUT2D eigenvalue weighted by atomic mass is 10.2. The summed E-state index contributed by atoms with van der Waals surface area (Å²) < 4.78 is 5.27. The monoisotopic (exact) mass is 198 g/mol. The first-order chi connectivity index (χ1) is 6.36. The molecule has 0 bridgehead atoms. The van der Waals surface area contributed by atoms with E-state index in [4.69, 9.17) is 4.74 Å². The van der Waals surface area contributed by atoms with E-state index in [1.807, 2.05) is 26.0 Å². The zero-order valence-electron chi connectivity index (χ0n) is 8.71. The fourth-order valence-electron chi connectivity index (χ4n) is 0.918. The van der Waals surface area contributed by atoms with Crippen molar-refractivity contribution in [1.82, 2.24) is 0 Å². The minimum atomic E-state index is 0.658. The first-order valence-electron chi connectivity index (χ1n) is 4.78. The first-order valence-corrected chi connectivity index (χ1v) is 5.60. The Hall–Kier alpha value is -0.550. The molecule has 0 N–H and O–H groups in total. The van der Waals surface area contributed by atoms with Gasteiger partial charge in [-0.3, -0.25) is 0 Å². The third-order valence-electron chi connectivity index (χ3n) is 1.58. The molecule has 2 heteroatoms. The van der Waals surface area contributed by atoms with Gasteiger partial charge in [-0.15, -0.1) is 0 Å². The van der Waals surface area contributed by atoms with Crippen LogP contribution < -0.4 is 4.74 Å². The van der Waals surface area contributed by atoms with Gasteiger partial charge >= 0.3 is 0 Å². The SMILES string of the molecule is CC.CCc1ccc(OCP)cc1. The summed E-state index contributed by atoms with van der Waals surface area (Å²) in [6, 6.07) is 8.19. The maximum absolute atomic E-state index is 5.27. The van der Waals surface area contributed by atoms with Gasteiger partial charge in [0.2, 0.25) is 0 Å².